The molecule has 0 spiro atoms. The zero-order chi connectivity index (χ0) is 23.1. The van der Waals surface area contributed by atoms with E-state index in [0.29, 0.717) is 31.0 Å². The van der Waals surface area contributed by atoms with Gasteiger partial charge < -0.3 is 16.8 Å². The summed E-state index contributed by atoms with van der Waals surface area (Å²) in [5.41, 5.74) is 11.2. The van der Waals surface area contributed by atoms with Crippen molar-refractivity contribution in [2.45, 2.75) is 46.1 Å². The van der Waals surface area contributed by atoms with Crippen LogP contribution in [-0.2, 0) is 4.79 Å². The molecule has 31 heavy (non-hydrogen) atoms. The van der Waals surface area contributed by atoms with Gasteiger partial charge in [0.05, 0.1) is 5.69 Å². The maximum atomic E-state index is 13.5. The SMILES string of the molecule is CCCC(C(=O)NCCC(C)C)N(C(=O)c1snc(C(N)=O)c1N)c1ccc(F)cc1. The lowest BCUT2D eigenvalue weighted by Crippen LogP contribution is -2.50. The Morgan fingerprint density at radius 3 is 2.35 bits per heavy atom. The molecule has 1 unspecified atom stereocenters. The van der Waals surface area contributed by atoms with E-state index in [1.54, 1.807) is 0 Å². The highest BCUT2D eigenvalue weighted by Gasteiger charge is 2.34. The molecule has 1 atom stereocenters. The van der Waals surface area contributed by atoms with E-state index in [9.17, 15) is 18.8 Å². The van der Waals surface area contributed by atoms with Crippen molar-refractivity contribution < 1.29 is 18.8 Å². The molecule has 2 aromatic rings. The second kappa shape index (κ2) is 10.9. The zero-order valence-corrected chi connectivity index (χ0v) is 18.7. The molecule has 8 nitrogen and oxygen atoms in total. The predicted octanol–water partition coefficient (Wildman–Crippen LogP) is 2.94. The second-order valence-corrected chi connectivity index (χ2v) is 8.34. The number of benzene rings is 1. The van der Waals surface area contributed by atoms with Gasteiger partial charge in [0.2, 0.25) is 5.91 Å². The summed E-state index contributed by atoms with van der Waals surface area (Å²) in [4.78, 5) is 39.3. The first-order chi connectivity index (χ1) is 14.7. The Morgan fingerprint density at radius 1 is 1.19 bits per heavy atom. The fourth-order valence-corrected chi connectivity index (χ4v) is 3.77. The van der Waals surface area contributed by atoms with Crippen LogP contribution in [0.25, 0.3) is 0 Å². The number of halogens is 1. The number of nitrogen functional groups attached to an aromatic ring is 1. The summed E-state index contributed by atoms with van der Waals surface area (Å²) < 4.78 is 17.4. The van der Waals surface area contributed by atoms with Gasteiger partial charge >= 0.3 is 0 Å². The van der Waals surface area contributed by atoms with Crippen LogP contribution in [0.3, 0.4) is 0 Å². The number of carbonyl (C=O) groups is 3. The fourth-order valence-electron chi connectivity index (χ4n) is 3.03. The third-order valence-electron chi connectivity index (χ3n) is 4.68. The molecule has 1 aromatic heterocycles. The highest BCUT2D eigenvalue weighted by molar-refractivity contribution is 7.09. The molecular weight excluding hydrogens is 421 g/mol. The van der Waals surface area contributed by atoms with Crippen LogP contribution in [0.2, 0.25) is 0 Å². The van der Waals surface area contributed by atoms with Crippen molar-refractivity contribution in [1.29, 1.82) is 0 Å². The van der Waals surface area contributed by atoms with Crippen molar-refractivity contribution in [2.75, 3.05) is 17.2 Å². The molecule has 0 bridgehead atoms. The van der Waals surface area contributed by atoms with E-state index < -0.39 is 23.7 Å². The minimum atomic E-state index is -0.853. The third-order valence-corrected chi connectivity index (χ3v) is 5.53. The van der Waals surface area contributed by atoms with Gasteiger partial charge in [0, 0.05) is 12.2 Å². The van der Waals surface area contributed by atoms with Crippen LogP contribution in [0.1, 0.15) is 60.2 Å². The Morgan fingerprint density at radius 2 is 1.84 bits per heavy atom. The van der Waals surface area contributed by atoms with E-state index in [4.69, 9.17) is 11.5 Å². The number of nitrogens with zero attached hydrogens (tertiary/aromatic N) is 2. The summed E-state index contributed by atoms with van der Waals surface area (Å²) >= 11 is 0.735. The van der Waals surface area contributed by atoms with E-state index >= 15 is 0 Å². The Labute approximate surface area is 185 Å². The van der Waals surface area contributed by atoms with Crippen molar-refractivity contribution in [2.24, 2.45) is 11.7 Å². The van der Waals surface area contributed by atoms with Crippen molar-refractivity contribution in [3.63, 3.8) is 0 Å². The number of nitrogens with two attached hydrogens (primary N) is 2. The number of rotatable bonds is 10. The lowest BCUT2D eigenvalue weighted by Gasteiger charge is -2.31. The first kappa shape index (κ1) is 24.3. The number of aromatic nitrogens is 1. The number of amides is 3. The molecule has 0 radical (unpaired) electrons. The number of primary amides is 1. The quantitative estimate of drug-likeness (QED) is 0.513. The van der Waals surface area contributed by atoms with Crippen molar-refractivity contribution >= 4 is 40.6 Å². The molecule has 0 saturated carbocycles. The summed E-state index contributed by atoms with van der Waals surface area (Å²) in [6, 6.07) is 4.40. The molecule has 10 heteroatoms. The lowest BCUT2D eigenvalue weighted by atomic mass is 10.1. The van der Waals surface area contributed by atoms with Gasteiger partial charge in [0.1, 0.15) is 16.7 Å². The van der Waals surface area contributed by atoms with Gasteiger partial charge in [0.25, 0.3) is 11.8 Å². The Balaban J connectivity index is 2.47. The molecule has 0 fully saturated rings. The monoisotopic (exact) mass is 449 g/mol. The van der Waals surface area contributed by atoms with Crippen LogP contribution in [0.5, 0.6) is 0 Å². The Kier molecular flexibility index (Phi) is 8.49. The molecule has 0 aliphatic carbocycles. The molecule has 3 amide bonds. The van der Waals surface area contributed by atoms with E-state index in [-0.39, 0.29) is 22.2 Å². The highest BCUT2D eigenvalue weighted by atomic mass is 32.1. The van der Waals surface area contributed by atoms with Crippen molar-refractivity contribution in [3.05, 3.63) is 40.7 Å². The van der Waals surface area contributed by atoms with Gasteiger partial charge in [-0.3, -0.25) is 19.3 Å². The third kappa shape index (κ3) is 6.00. The smallest absolute Gasteiger partial charge is 0.272 e. The Hall–Kier alpha value is -3.01. The average Bonchev–Trinajstić information content (AvgIpc) is 3.10. The summed E-state index contributed by atoms with van der Waals surface area (Å²) in [5, 5.41) is 2.88. The van der Waals surface area contributed by atoms with Crippen molar-refractivity contribution in [3.8, 4) is 0 Å². The van der Waals surface area contributed by atoms with Crippen LogP contribution in [-0.4, -0.2) is 34.7 Å². The van der Waals surface area contributed by atoms with Gasteiger partial charge in [-0.1, -0.05) is 27.2 Å². The maximum Gasteiger partial charge on any atom is 0.272 e. The fraction of sp³-hybridized carbons (Fsp3) is 0.429. The van der Waals surface area contributed by atoms with Crippen molar-refractivity contribution in [1.82, 2.24) is 9.69 Å². The van der Waals surface area contributed by atoms with Crippen LogP contribution < -0.4 is 21.7 Å². The molecule has 1 aromatic carbocycles. The minimum Gasteiger partial charge on any atom is -0.395 e. The molecule has 0 aliphatic rings. The van der Waals surface area contributed by atoms with E-state index in [1.807, 2.05) is 20.8 Å². The van der Waals surface area contributed by atoms with Gasteiger partial charge in [0.15, 0.2) is 5.69 Å². The maximum absolute atomic E-state index is 13.5. The normalized spacial score (nSPS) is 11.9. The predicted molar refractivity (Wildman–Crippen MR) is 119 cm³/mol. The van der Waals surface area contributed by atoms with Crippen LogP contribution >= 0.6 is 11.5 Å². The largest absolute Gasteiger partial charge is 0.395 e. The number of anilines is 2. The first-order valence-corrected chi connectivity index (χ1v) is 10.9. The molecule has 1 heterocycles. The average molecular weight is 450 g/mol. The number of hydrogen-bond donors (Lipinski definition) is 3. The number of carbonyl (C=O) groups excluding carboxylic acids is 3. The van der Waals surface area contributed by atoms with E-state index in [2.05, 4.69) is 9.69 Å². The van der Waals surface area contributed by atoms with Gasteiger partial charge in [-0.25, -0.2) is 4.39 Å². The zero-order valence-electron chi connectivity index (χ0n) is 17.9. The van der Waals surface area contributed by atoms with Gasteiger partial charge in [-0.05, 0) is 54.6 Å². The summed E-state index contributed by atoms with van der Waals surface area (Å²) in [6.07, 6.45) is 1.79. The molecule has 2 rings (SSSR count). The topological polar surface area (TPSA) is 131 Å². The lowest BCUT2D eigenvalue weighted by molar-refractivity contribution is -0.122. The summed E-state index contributed by atoms with van der Waals surface area (Å²) in [6.45, 7) is 6.46. The standard InChI is InChI=1S/C21H28FN5O3S/c1-4-5-15(20(29)25-11-10-12(2)3)27(14-8-6-13(22)7-9-14)21(30)18-16(23)17(19(24)28)26-31-18/h6-9,12,15H,4-5,10-11,23H2,1-3H3,(H2,24,28)(H,25,29). The van der Waals surface area contributed by atoms with Gasteiger partial charge in [-0.2, -0.15) is 4.37 Å². The summed E-state index contributed by atoms with van der Waals surface area (Å²) in [7, 11) is 0. The molecular formula is C21H28FN5O3S. The first-order valence-electron chi connectivity index (χ1n) is 10.1. The van der Waals surface area contributed by atoms with E-state index in [1.165, 1.54) is 29.2 Å². The molecule has 0 aliphatic heterocycles. The highest BCUT2D eigenvalue weighted by Crippen LogP contribution is 2.29. The van der Waals surface area contributed by atoms with Crippen LogP contribution in [0.15, 0.2) is 24.3 Å². The molecule has 0 saturated heterocycles. The second-order valence-electron chi connectivity index (χ2n) is 7.57. The number of nitrogens with one attached hydrogen (secondary N) is 1. The van der Waals surface area contributed by atoms with E-state index in [0.717, 1.165) is 18.0 Å². The van der Waals surface area contributed by atoms with Gasteiger partial charge in [-0.15, -0.1) is 0 Å². The minimum absolute atomic E-state index is 0.00536. The Bertz CT molecular complexity index is 930. The number of hydrogen-bond acceptors (Lipinski definition) is 6. The van der Waals surface area contributed by atoms with Crippen LogP contribution in [0, 0.1) is 11.7 Å². The van der Waals surface area contributed by atoms with Crippen LogP contribution in [0.4, 0.5) is 15.8 Å². The molecule has 168 valence electrons. The molecule has 5 N–H and O–H groups in total. The summed E-state index contributed by atoms with van der Waals surface area (Å²) in [5.74, 6) is -1.84.